The Hall–Kier alpha value is -2.36. The molecule has 0 amide bonds. The Morgan fingerprint density at radius 1 is 1.36 bits per heavy atom. The summed E-state index contributed by atoms with van der Waals surface area (Å²) >= 11 is 0. The van der Waals surface area contributed by atoms with Crippen LogP contribution in [0, 0.1) is 11.3 Å². The van der Waals surface area contributed by atoms with Gasteiger partial charge in [-0.1, -0.05) is 6.07 Å². The second kappa shape index (κ2) is 8.15. The lowest BCUT2D eigenvalue weighted by Crippen LogP contribution is -2.52. The molecule has 0 aliphatic carbocycles. The molecule has 1 aliphatic rings. The summed E-state index contributed by atoms with van der Waals surface area (Å²) in [4.78, 5) is 9.35. The van der Waals surface area contributed by atoms with Gasteiger partial charge in [-0.25, -0.2) is 4.98 Å². The normalized spacial score (nSPS) is 18.8. The molecule has 1 aliphatic heterocycles. The molecule has 1 fully saturated rings. The second-order valence-corrected chi connectivity index (χ2v) is 6.56. The minimum Gasteiger partial charge on any atom is -0.492 e. The highest BCUT2D eigenvalue weighted by Crippen LogP contribution is 2.14. The predicted molar refractivity (Wildman–Crippen MR) is 96.2 cm³/mol. The third kappa shape index (κ3) is 4.59. The van der Waals surface area contributed by atoms with Crippen LogP contribution in [0.4, 0.5) is 0 Å². The molecule has 0 spiro atoms. The number of hydrogen-bond donors (Lipinski definition) is 0. The smallest absolute Gasteiger partial charge is 0.122 e. The number of hydrogen-bond acceptors (Lipinski definition) is 5. The summed E-state index contributed by atoms with van der Waals surface area (Å²) in [7, 11) is 2.04. The second-order valence-electron chi connectivity index (χ2n) is 6.56. The van der Waals surface area contributed by atoms with E-state index in [9.17, 15) is 0 Å². The average Bonchev–Trinajstić information content (AvgIpc) is 3.02. The fourth-order valence-corrected chi connectivity index (χ4v) is 3.19. The van der Waals surface area contributed by atoms with E-state index in [2.05, 4.69) is 32.3 Å². The largest absolute Gasteiger partial charge is 0.492 e. The van der Waals surface area contributed by atoms with Crippen LogP contribution in [0.25, 0.3) is 0 Å². The SMILES string of the molecule is C[C@@H]1CN(CCOc2cccc(C#N)c2)CCN1Cc1nccn1C. The minimum absolute atomic E-state index is 0.493. The van der Waals surface area contributed by atoms with Crippen molar-refractivity contribution in [1.29, 1.82) is 5.26 Å². The maximum absolute atomic E-state index is 8.93. The number of imidazole rings is 1. The van der Waals surface area contributed by atoms with Crippen molar-refractivity contribution >= 4 is 0 Å². The van der Waals surface area contributed by atoms with Crippen LogP contribution >= 0.6 is 0 Å². The first-order valence-electron chi connectivity index (χ1n) is 8.71. The Balaban J connectivity index is 1.43. The average molecular weight is 339 g/mol. The number of nitriles is 1. The zero-order valence-corrected chi connectivity index (χ0v) is 14.9. The van der Waals surface area contributed by atoms with Crippen LogP contribution in [0.1, 0.15) is 18.3 Å². The highest BCUT2D eigenvalue weighted by molar-refractivity contribution is 5.36. The number of ether oxygens (including phenoxy) is 1. The molecule has 3 rings (SSSR count). The van der Waals surface area contributed by atoms with E-state index >= 15 is 0 Å². The van der Waals surface area contributed by atoms with Gasteiger partial charge >= 0.3 is 0 Å². The van der Waals surface area contributed by atoms with Crippen molar-refractivity contribution in [3.8, 4) is 11.8 Å². The summed E-state index contributed by atoms with van der Waals surface area (Å²) in [5.74, 6) is 1.88. The first-order chi connectivity index (χ1) is 12.2. The summed E-state index contributed by atoms with van der Waals surface area (Å²) in [6.07, 6.45) is 3.85. The summed E-state index contributed by atoms with van der Waals surface area (Å²) in [6.45, 7) is 7.82. The van der Waals surface area contributed by atoms with Gasteiger partial charge in [0, 0.05) is 51.7 Å². The molecule has 0 radical (unpaired) electrons. The van der Waals surface area contributed by atoms with Crippen LogP contribution < -0.4 is 4.74 Å². The molecule has 0 bridgehead atoms. The van der Waals surface area contributed by atoms with Gasteiger partial charge in [-0.05, 0) is 25.1 Å². The van der Waals surface area contributed by atoms with E-state index in [1.54, 1.807) is 12.1 Å². The van der Waals surface area contributed by atoms with Gasteiger partial charge in [0.1, 0.15) is 18.2 Å². The third-order valence-electron chi connectivity index (χ3n) is 4.75. The molecule has 1 aromatic carbocycles. The standard InChI is InChI=1S/C19H25N5O/c1-16-14-23(8-9-24(16)15-19-21-6-7-22(19)2)10-11-25-18-5-3-4-17(12-18)13-20/h3-7,12,16H,8-11,14-15H2,1-2H3/t16-/m1/s1. The molecule has 0 saturated carbocycles. The van der Waals surface area contributed by atoms with Gasteiger partial charge in [-0.2, -0.15) is 5.26 Å². The van der Waals surface area contributed by atoms with Crippen molar-refractivity contribution < 1.29 is 4.74 Å². The van der Waals surface area contributed by atoms with Crippen LogP contribution in [0.15, 0.2) is 36.7 Å². The molecule has 0 unspecified atom stereocenters. The topological polar surface area (TPSA) is 57.3 Å². The van der Waals surface area contributed by atoms with Crippen molar-refractivity contribution in [2.75, 3.05) is 32.8 Å². The van der Waals surface area contributed by atoms with Crippen LogP contribution in [-0.2, 0) is 13.6 Å². The van der Waals surface area contributed by atoms with Crippen LogP contribution in [-0.4, -0.2) is 58.2 Å². The zero-order chi connectivity index (χ0) is 17.6. The van der Waals surface area contributed by atoms with Crippen molar-refractivity contribution in [2.45, 2.75) is 19.5 Å². The maximum atomic E-state index is 8.93. The Morgan fingerprint density at radius 2 is 2.24 bits per heavy atom. The van der Waals surface area contributed by atoms with Gasteiger partial charge < -0.3 is 9.30 Å². The fraction of sp³-hybridized carbons (Fsp3) is 0.474. The first kappa shape index (κ1) is 17.5. The quantitative estimate of drug-likeness (QED) is 0.804. The highest BCUT2D eigenvalue weighted by atomic mass is 16.5. The molecule has 1 saturated heterocycles. The summed E-state index contributed by atoms with van der Waals surface area (Å²) < 4.78 is 7.88. The van der Waals surface area contributed by atoms with E-state index in [1.165, 1.54) is 0 Å². The van der Waals surface area contributed by atoms with Gasteiger partial charge in [0.2, 0.25) is 0 Å². The number of aryl methyl sites for hydroxylation is 1. The fourth-order valence-electron chi connectivity index (χ4n) is 3.19. The van der Waals surface area contributed by atoms with Crippen molar-refractivity contribution in [1.82, 2.24) is 19.4 Å². The molecule has 6 nitrogen and oxygen atoms in total. The van der Waals surface area contributed by atoms with Crippen molar-refractivity contribution in [3.63, 3.8) is 0 Å². The summed E-state index contributed by atoms with van der Waals surface area (Å²) in [5, 5.41) is 8.93. The summed E-state index contributed by atoms with van der Waals surface area (Å²) in [5.41, 5.74) is 0.633. The zero-order valence-electron chi connectivity index (χ0n) is 14.9. The molecule has 1 atom stereocenters. The Labute approximate surface area is 149 Å². The first-order valence-corrected chi connectivity index (χ1v) is 8.71. The molecule has 132 valence electrons. The molecule has 2 heterocycles. The lowest BCUT2D eigenvalue weighted by atomic mass is 10.2. The highest BCUT2D eigenvalue weighted by Gasteiger charge is 2.24. The molecule has 2 aromatic rings. The Kier molecular flexibility index (Phi) is 5.69. The van der Waals surface area contributed by atoms with Gasteiger partial charge in [0.15, 0.2) is 0 Å². The molecule has 1 aromatic heterocycles. The van der Waals surface area contributed by atoms with E-state index in [1.807, 2.05) is 31.6 Å². The summed E-state index contributed by atoms with van der Waals surface area (Å²) in [6, 6.07) is 9.95. The Bertz CT molecular complexity index is 735. The van der Waals surface area contributed by atoms with Crippen molar-refractivity contribution in [2.24, 2.45) is 7.05 Å². The number of aromatic nitrogens is 2. The van der Waals surface area contributed by atoms with Gasteiger partial charge in [0.05, 0.1) is 18.2 Å². The number of piperazine rings is 1. The predicted octanol–water partition coefficient (Wildman–Crippen LogP) is 1.88. The van der Waals surface area contributed by atoms with E-state index < -0.39 is 0 Å². The number of nitrogens with zero attached hydrogens (tertiary/aromatic N) is 5. The van der Waals surface area contributed by atoms with E-state index in [4.69, 9.17) is 10.00 Å². The van der Waals surface area contributed by atoms with Crippen LogP contribution in [0.3, 0.4) is 0 Å². The third-order valence-corrected chi connectivity index (χ3v) is 4.75. The van der Waals surface area contributed by atoms with Gasteiger partial charge in [0.25, 0.3) is 0 Å². The minimum atomic E-state index is 0.493. The van der Waals surface area contributed by atoms with E-state index in [-0.39, 0.29) is 0 Å². The number of benzene rings is 1. The van der Waals surface area contributed by atoms with Crippen LogP contribution in [0.2, 0.25) is 0 Å². The van der Waals surface area contributed by atoms with Crippen molar-refractivity contribution in [3.05, 3.63) is 48.0 Å². The molecular formula is C19H25N5O. The lowest BCUT2D eigenvalue weighted by molar-refractivity contribution is 0.0666. The molecule has 6 heteroatoms. The van der Waals surface area contributed by atoms with Gasteiger partial charge in [-0.3, -0.25) is 9.80 Å². The molecular weight excluding hydrogens is 314 g/mol. The maximum Gasteiger partial charge on any atom is 0.122 e. The van der Waals surface area contributed by atoms with Gasteiger partial charge in [-0.15, -0.1) is 0 Å². The Morgan fingerprint density at radius 3 is 2.96 bits per heavy atom. The molecule has 0 N–H and O–H groups in total. The van der Waals surface area contributed by atoms with E-state index in [0.717, 1.165) is 44.3 Å². The monoisotopic (exact) mass is 339 g/mol. The number of rotatable bonds is 6. The van der Waals surface area contributed by atoms with E-state index in [0.29, 0.717) is 18.2 Å². The lowest BCUT2D eigenvalue weighted by Gasteiger charge is -2.39. The van der Waals surface area contributed by atoms with Crippen LogP contribution in [0.5, 0.6) is 5.75 Å². The molecule has 25 heavy (non-hydrogen) atoms.